The van der Waals surface area contributed by atoms with Gasteiger partial charge in [-0.2, -0.15) is 0 Å². The highest BCUT2D eigenvalue weighted by atomic mass is 32.2. The summed E-state index contributed by atoms with van der Waals surface area (Å²) < 4.78 is 41.5. The Kier molecular flexibility index (Phi) is 5.93. The van der Waals surface area contributed by atoms with Crippen molar-refractivity contribution in [2.45, 2.75) is 0 Å². The maximum Gasteiger partial charge on any atom is 0.273 e. The van der Waals surface area contributed by atoms with E-state index in [9.17, 15) is 17.6 Å². The molecule has 3 aromatic rings. The van der Waals surface area contributed by atoms with Gasteiger partial charge in [0.05, 0.1) is 5.69 Å². The van der Waals surface area contributed by atoms with Crippen LogP contribution in [0.3, 0.4) is 0 Å². The van der Waals surface area contributed by atoms with E-state index in [1.165, 1.54) is 16.7 Å². The fraction of sp³-hybridized carbons (Fsp3) is 0.0952. The van der Waals surface area contributed by atoms with Crippen LogP contribution in [0.5, 0.6) is 0 Å². The molecule has 0 bridgehead atoms. The lowest BCUT2D eigenvalue weighted by Gasteiger charge is -2.18. The molecule has 1 heterocycles. The van der Waals surface area contributed by atoms with Gasteiger partial charge in [-0.1, -0.05) is 12.6 Å². The molecule has 9 heteroatoms. The standard InChI is InChI=1S/C21H21FN4O3S/c1-4-30(28,29)25-18-7-5-6-17(24-16-10-8-15(22)9-11-16)20(18)14-12-19(23-2)21(27)26(3)13-14/h4-13,23-25H,1H2,2-3H3. The zero-order valence-corrected chi connectivity index (χ0v) is 17.3. The van der Waals surface area contributed by atoms with Gasteiger partial charge in [0.15, 0.2) is 0 Å². The predicted molar refractivity (Wildman–Crippen MR) is 119 cm³/mol. The molecule has 30 heavy (non-hydrogen) atoms. The highest BCUT2D eigenvalue weighted by Gasteiger charge is 2.17. The predicted octanol–water partition coefficient (Wildman–Crippen LogP) is 3.86. The summed E-state index contributed by atoms with van der Waals surface area (Å²) in [5, 5.41) is 6.85. The summed E-state index contributed by atoms with van der Waals surface area (Å²) in [6.07, 6.45) is 1.61. The first-order valence-corrected chi connectivity index (χ1v) is 10.5. The van der Waals surface area contributed by atoms with Crippen molar-refractivity contribution in [3.8, 4) is 11.1 Å². The number of aryl methyl sites for hydroxylation is 1. The van der Waals surface area contributed by atoms with Crippen LogP contribution in [0, 0.1) is 5.82 Å². The van der Waals surface area contributed by atoms with Gasteiger partial charge in [0.2, 0.25) is 0 Å². The van der Waals surface area contributed by atoms with Gasteiger partial charge in [0.1, 0.15) is 11.5 Å². The third kappa shape index (κ3) is 4.52. The lowest BCUT2D eigenvalue weighted by atomic mass is 10.0. The van der Waals surface area contributed by atoms with Gasteiger partial charge in [0, 0.05) is 48.2 Å². The van der Waals surface area contributed by atoms with Crippen LogP contribution >= 0.6 is 0 Å². The van der Waals surface area contributed by atoms with E-state index in [2.05, 4.69) is 21.9 Å². The second-order valence-corrected chi connectivity index (χ2v) is 8.11. The van der Waals surface area contributed by atoms with E-state index in [0.717, 1.165) is 5.41 Å². The summed E-state index contributed by atoms with van der Waals surface area (Å²) in [4.78, 5) is 12.3. The molecular weight excluding hydrogens is 407 g/mol. The van der Waals surface area contributed by atoms with Crippen LogP contribution in [0.15, 0.2) is 71.5 Å². The molecule has 0 unspecified atom stereocenters. The number of anilines is 4. The summed E-state index contributed by atoms with van der Waals surface area (Å²) in [6.45, 7) is 3.33. The minimum atomic E-state index is -3.78. The van der Waals surface area contributed by atoms with Gasteiger partial charge in [-0.3, -0.25) is 9.52 Å². The minimum absolute atomic E-state index is 0.224. The van der Waals surface area contributed by atoms with Gasteiger partial charge in [0.25, 0.3) is 15.6 Å². The van der Waals surface area contributed by atoms with Crippen molar-refractivity contribution >= 4 is 32.8 Å². The minimum Gasteiger partial charge on any atom is -0.384 e. The lowest BCUT2D eigenvalue weighted by molar-refractivity contribution is 0.609. The van der Waals surface area contributed by atoms with Crippen LogP contribution < -0.4 is 20.9 Å². The molecule has 3 rings (SSSR count). The van der Waals surface area contributed by atoms with Crippen LogP contribution in [-0.4, -0.2) is 20.0 Å². The van der Waals surface area contributed by atoms with Crippen LogP contribution in [0.2, 0.25) is 0 Å². The number of halogens is 1. The Bertz CT molecular complexity index is 1250. The summed E-state index contributed by atoms with van der Waals surface area (Å²) in [7, 11) is -0.543. The zero-order chi connectivity index (χ0) is 21.9. The fourth-order valence-electron chi connectivity index (χ4n) is 2.96. The largest absolute Gasteiger partial charge is 0.384 e. The van der Waals surface area contributed by atoms with E-state index in [-0.39, 0.29) is 11.4 Å². The molecule has 2 aromatic carbocycles. The Morgan fingerprint density at radius 1 is 1.07 bits per heavy atom. The second kappa shape index (κ2) is 8.42. The molecule has 0 spiro atoms. The second-order valence-electron chi connectivity index (χ2n) is 6.48. The van der Waals surface area contributed by atoms with Crippen molar-refractivity contribution in [2.75, 3.05) is 22.4 Å². The number of benzene rings is 2. The van der Waals surface area contributed by atoms with E-state index < -0.39 is 10.0 Å². The molecule has 0 saturated carbocycles. The van der Waals surface area contributed by atoms with Crippen LogP contribution in [0.25, 0.3) is 11.1 Å². The van der Waals surface area contributed by atoms with Gasteiger partial charge >= 0.3 is 0 Å². The van der Waals surface area contributed by atoms with E-state index in [1.54, 1.807) is 56.7 Å². The average Bonchev–Trinajstić information content (AvgIpc) is 2.72. The van der Waals surface area contributed by atoms with Crippen molar-refractivity contribution < 1.29 is 12.8 Å². The van der Waals surface area contributed by atoms with Gasteiger partial charge in [-0.15, -0.1) is 0 Å². The van der Waals surface area contributed by atoms with Crippen LogP contribution in [0.1, 0.15) is 0 Å². The van der Waals surface area contributed by atoms with Crippen LogP contribution in [0.4, 0.5) is 27.1 Å². The monoisotopic (exact) mass is 428 g/mol. The smallest absolute Gasteiger partial charge is 0.273 e. The number of pyridine rings is 1. The number of nitrogens with zero attached hydrogens (tertiary/aromatic N) is 1. The summed E-state index contributed by atoms with van der Waals surface area (Å²) in [5.74, 6) is -0.370. The Balaban J connectivity index is 2.23. The maximum atomic E-state index is 13.3. The van der Waals surface area contributed by atoms with Crippen molar-refractivity contribution in [3.63, 3.8) is 0 Å². The number of aromatic nitrogens is 1. The molecule has 1 aromatic heterocycles. The zero-order valence-electron chi connectivity index (χ0n) is 16.4. The van der Waals surface area contributed by atoms with Crippen molar-refractivity contribution in [2.24, 2.45) is 7.05 Å². The third-order valence-corrected chi connectivity index (χ3v) is 5.34. The Morgan fingerprint density at radius 3 is 2.37 bits per heavy atom. The summed E-state index contributed by atoms with van der Waals surface area (Å²) in [6, 6.07) is 12.5. The SMILES string of the molecule is C=CS(=O)(=O)Nc1cccc(Nc2ccc(F)cc2)c1-c1cc(NC)c(=O)n(C)c1. The molecule has 7 nitrogen and oxygen atoms in total. The van der Waals surface area contributed by atoms with Crippen molar-refractivity contribution in [3.05, 3.63) is 82.9 Å². The number of nitrogens with one attached hydrogen (secondary N) is 3. The van der Waals surface area contributed by atoms with Crippen LogP contribution in [-0.2, 0) is 17.1 Å². The molecule has 0 fully saturated rings. The first kappa shape index (κ1) is 21.1. The molecule has 0 saturated heterocycles. The number of rotatable bonds is 7. The normalized spacial score (nSPS) is 11.0. The van der Waals surface area contributed by atoms with Crippen molar-refractivity contribution in [1.29, 1.82) is 0 Å². The molecule has 0 radical (unpaired) electrons. The first-order valence-electron chi connectivity index (χ1n) is 8.93. The number of sulfonamides is 1. The third-order valence-electron chi connectivity index (χ3n) is 4.40. The van der Waals surface area contributed by atoms with Gasteiger partial charge < -0.3 is 15.2 Å². The maximum absolute atomic E-state index is 13.3. The fourth-order valence-corrected chi connectivity index (χ4v) is 3.52. The molecule has 156 valence electrons. The first-order chi connectivity index (χ1) is 14.2. The Labute approximate surface area is 173 Å². The summed E-state index contributed by atoms with van der Waals surface area (Å²) >= 11 is 0. The molecule has 0 amide bonds. The average molecular weight is 428 g/mol. The molecule has 0 aliphatic carbocycles. The quantitative estimate of drug-likeness (QED) is 0.531. The van der Waals surface area contributed by atoms with E-state index in [0.29, 0.717) is 33.9 Å². The topological polar surface area (TPSA) is 92.2 Å². The highest BCUT2D eigenvalue weighted by molar-refractivity contribution is 7.95. The van der Waals surface area contributed by atoms with E-state index >= 15 is 0 Å². The molecule has 0 aliphatic heterocycles. The number of hydrogen-bond donors (Lipinski definition) is 3. The lowest BCUT2D eigenvalue weighted by Crippen LogP contribution is -2.19. The van der Waals surface area contributed by atoms with Crippen molar-refractivity contribution in [1.82, 2.24) is 4.57 Å². The van der Waals surface area contributed by atoms with E-state index in [4.69, 9.17) is 0 Å². The molecule has 0 atom stereocenters. The summed E-state index contributed by atoms with van der Waals surface area (Å²) in [5.41, 5.74) is 2.70. The van der Waals surface area contributed by atoms with Gasteiger partial charge in [-0.25, -0.2) is 12.8 Å². The Morgan fingerprint density at radius 2 is 1.73 bits per heavy atom. The van der Waals surface area contributed by atoms with Gasteiger partial charge in [-0.05, 0) is 42.5 Å². The van der Waals surface area contributed by atoms with E-state index in [1.807, 2.05) is 0 Å². The molecule has 3 N–H and O–H groups in total. The highest BCUT2D eigenvalue weighted by Crippen LogP contribution is 2.37. The Hall–Kier alpha value is -3.59. The molecular formula is C21H21FN4O3S. The molecule has 0 aliphatic rings. The number of hydrogen-bond acceptors (Lipinski definition) is 5.